The van der Waals surface area contributed by atoms with Crippen LogP contribution in [0.25, 0.3) is 0 Å². The zero-order valence-corrected chi connectivity index (χ0v) is 15.4. The van der Waals surface area contributed by atoms with Gasteiger partial charge in [0.05, 0.1) is 6.42 Å². The summed E-state index contributed by atoms with van der Waals surface area (Å²) >= 11 is 3.44. The van der Waals surface area contributed by atoms with E-state index in [2.05, 4.69) is 21.2 Å². The van der Waals surface area contributed by atoms with Gasteiger partial charge in [-0.25, -0.2) is 0 Å². The Morgan fingerprint density at radius 3 is 2.38 bits per heavy atom. The van der Waals surface area contributed by atoms with Crippen molar-refractivity contribution >= 4 is 27.7 Å². The van der Waals surface area contributed by atoms with E-state index in [4.69, 9.17) is 0 Å². The summed E-state index contributed by atoms with van der Waals surface area (Å²) in [4.78, 5) is 26.5. The molecular weight excluding hydrogens is 368 g/mol. The number of nitrogens with one attached hydrogen (secondary N) is 1. The Bertz CT molecular complexity index is 704. The van der Waals surface area contributed by atoms with E-state index in [1.165, 1.54) is 0 Å². The van der Waals surface area contributed by atoms with Crippen LogP contribution < -0.4 is 5.32 Å². The number of halogens is 1. The topological polar surface area (TPSA) is 49.4 Å². The van der Waals surface area contributed by atoms with Crippen LogP contribution in [0.5, 0.6) is 0 Å². The molecule has 0 fully saturated rings. The molecule has 1 atom stereocenters. The molecule has 0 radical (unpaired) electrons. The molecule has 0 aliphatic rings. The minimum Gasteiger partial charge on any atom is -0.357 e. The van der Waals surface area contributed by atoms with Crippen molar-refractivity contribution in [1.82, 2.24) is 10.2 Å². The molecule has 0 bridgehead atoms. The van der Waals surface area contributed by atoms with Crippen LogP contribution in [-0.4, -0.2) is 29.8 Å². The van der Waals surface area contributed by atoms with Crippen molar-refractivity contribution in [1.29, 1.82) is 0 Å². The first kappa shape index (κ1) is 18.2. The Morgan fingerprint density at radius 2 is 1.75 bits per heavy atom. The Morgan fingerprint density at radius 1 is 1.08 bits per heavy atom. The van der Waals surface area contributed by atoms with E-state index >= 15 is 0 Å². The fourth-order valence-corrected chi connectivity index (χ4v) is 2.94. The van der Waals surface area contributed by atoms with Crippen LogP contribution in [0.4, 0.5) is 0 Å². The second kappa shape index (κ2) is 8.64. The molecule has 2 aromatic rings. The zero-order valence-electron chi connectivity index (χ0n) is 13.8. The molecule has 2 rings (SSSR count). The number of hydrogen-bond acceptors (Lipinski definition) is 2. The summed E-state index contributed by atoms with van der Waals surface area (Å²) in [5.41, 5.74) is 1.91. The van der Waals surface area contributed by atoms with Gasteiger partial charge in [0, 0.05) is 18.1 Å². The van der Waals surface area contributed by atoms with Crippen LogP contribution >= 0.6 is 15.9 Å². The Kier molecular flexibility index (Phi) is 6.55. The molecule has 126 valence electrons. The number of carbonyl (C=O) groups excluding carboxylic acids is 2. The van der Waals surface area contributed by atoms with E-state index in [1.54, 1.807) is 18.9 Å². The molecule has 5 heteroatoms. The van der Waals surface area contributed by atoms with Crippen molar-refractivity contribution < 1.29 is 9.59 Å². The second-order valence-electron chi connectivity index (χ2n) is 5.60. The number of rotatable bonds is 6. The van der Waals surface area contributed by atoms with E-state index in [-0.39, 0.29) is 18.2 Å². The van der Waals surface area contributed by atoms with E-state index in [0.29, 0.717) is 6.54 Å². The van der Waals surface area contributed by atoms with Crippen molar-refractivity contribution in [3.8, 4) is 0 Å². The average molecular weight is 389 g/mol. The monoisotopic (exact) mass is 388 g/mol. The van der Waals surface area contributed by atoms with Gasteiger partial charge >= 0.3 is 0 Å². The van der Waals surface area contributed by atoms with Crippen LogP contribution in [0.2, 0.25) is 0 Å². The number of likely N-dealkylation sites (N-methyl/N-ethyl adjacent to an activating group) is 1. The van der Waals surface area contributed by atoms with E-state index in [1.807, 2.05) is 54.6 Å². The largest absolute Gasteiger partial charge is 0.357 e. The lowest BCUT2D eigenvalue weighted by molar-refractivity contribution is -0.139. The van der Waals surface area contributed by atoms with Crippen LogP contribution in [0, 0.1) is 0 Å². The van der Waals surface area contributed by atoms with Gasteiger partial charge in [-0.15, -0.1) is 0 Å². The third kappa shape index (κ3) is 4.93. The minimum absolute atomic E-state index is 0.0720. The van der Waals surface area contributed by atoms with Crippen LogP contribution in [0.1, 0.15) is 18.1 Å². The van der Waals surface area contributed by atoms with Crippen molar-refractivity contribution in [3.63, 3.8) is 0 Å². The summed E-state index contributed by atoms with van der Waals surface area (Å²) in [6, 6.07) is 16.8. The highest BCUT2D eigenvalue weighted by Crippen LogP contribution is 2.16. The molecule has 4 nitrogen and oxygen atoms in total. The molecule has 0 saturated carbocycles. The molecule has 24 heavy (non-hydrogen) atoms. The van der Waals surface area contributed by atoms with Gasteiger partial charge in [0.1, 0.15) is 6.04 Å². The summed E-state index contributed by atoms with van der Waals surface area (Å²) in [7, 11) is 1.58. The van der Waals surface area contributed by atoms with Gasteiger partial charge in [-0.3, -0.25) is 9.59 Å². The van der Waals surface area contributed by atoms with Gasteiger partial charge in [0.2, 0.25) is 11.8 Å². The first-order valence-electron chi connectivity index (χ1n) is 7.80. The summed E-state index contributed by atoms with van der Waals surface area (Å²) in [6.07, 6.45) is 0.274. The number of hydrogen-bond donors (Lipinski definition) is 1. The van der Waals surface area contributed by atoms with Gasteiger partial charge in [0.25, 0.3) is 0 Å². The van der Waals surface area contributed by atoms with Crippen LogP contribution in [0.3, 0.4) is 0 Å². The van der Waals surface area contributed by atoms with Crippen LogP contribution in [-0.2, 0) is 22.6 Å². The lowest BCUT2D eigenvalue weighted by Gasteiger charge is -2.28. The quantitative estimate of drug-likeness (QED) is 0.825. The lowest BCUT2D eigenvalue weighted by Crippen LogP contribution is -2.47. The fraction of sp³-hybridized carbons (Fsp3) is 0.263. The van der Waals surface area contributed by atoms with Crippen molar-refractivity contribution in [2.75, 3.05) is 7.05 Å². The van der Waals surface area contributed by atoms with Gasteiger partial charge in [-0.05, 0) is 30.2 Å². The third-order valence-corrected chi connectivity index (χ3v) is 4.35. The molecule has 0 aliphatic carbocycles. The molecule has 1 unspecified atom stereocenters. The maximum Gasteiger partial charge on any atom is 0.242 e. The summed E-state index contributed by atoms with van der Waals surface area (Å²) < 4.78 is 0.947. The number of benzene rings is 2. The molecule has 0 heterocycles. The minimum atomic E-state index is -0.537. The average Bonchev–Trinajstić information content (AvgIpc) is 2.59. The smallest absolute Gasteiger partial charge is 0.242 e. The normalized spacial score (nSPS) is 11.6. The lowest BCUT2D eigenvalue weighted by atomic mass is 10.1. The predicted octanol–water partition coefficient (Wildman–Crippen LogP) is 3.15. The fourth-order valence-electron chi connectivity index (χ4n) is 2.50. The second-order valence-corrected chi connectivity index (χ2v) is 6.52. The van der Waals surface area contributed by atoms with Gasteiger partial charge < -0.3 is 10.2 Å². The maximum absolute atomic E-state index is 12.8. The van der Waals surface area contributed by atoms with Crippen molar-refractivity contribution in [3.05, 3.63) is 70.2 Å². The molecule has 0 spiro atoms. The predicted molar refractivity (Wildman–Crippen MR) is 98.4 cm³/mol. The van der Waals surface area contributed by atoms with E-state index < -0.39 is 6.04 Å². The highest BCUT2D eigenvalue weighted by molar-refractivity contribution is 9.10. The molecule has 0 aliphatic heterocycles. The maximum atomic E-state index is 12.8. The number of nitrogens with zero attached hydrogens (tertiary/aromatic N) is 1. The Hall–Kier alpha value is -2.14. The SMILES string of the molecule is CNC(=O)C(C)N(Cc1cccc(Br)c1)C(=O)Cc1ccccc1. The number of carbonyl (C=O) groups is 2. The first-order valence-corrected chi connectivity index (χ1v) is 8.60. The third-order valence-electron chi connectivity index (χ3n) is 3.85. The Balaban J connectivity index is 2.21. The van der Waals surface area contributed by atoms with Gasteiger partial charge in [-0.1, -0.05) is 58.4 Å². The van der Waals surface area contributed by atoms with E-state index in [0.717, 1.165) is 15.6 Å². The first-order chi connectivity index (χ1) is 11.5. The summed E-state index contributed by atoms with van der Waals surface area (Å²) in [5.74, 6) is -0.247. The molecular formula is C19H21BrN2O2. The molecule has 2 amide bonds. The van der Waals surface area contributed by atoms with Gasteiger partial charge in [-0.2, -0.15) is 0 Å². The highest BCUT2D eigenvalue weighted by Gasteiger charge is 2.25. The molecule has 0 aromatic heterocycles. The van der Waals surface area contributed by atoms with Crippen molar-refractivity contribution in [2.45, 2.75) is 25.9 Å². The Labute approximate surface area is 151 Å². The number of amides is 2. The molecule has 0 saturated heterocycles. The zero-order chi connectivity index (χ0) is 17.5. The van der Waals surface area contributed by atoms with Crippen LogP contribution in [0.15, 0.2) is 59.1 Å². The van der Waals surface area contributed by atoms with Crippen molar-refractivity contribution in [2.24, 2.45) is 0 Å². The van der Waals surface area contributed by atoms with E-state index in [9.17, 15) is 9.59 Å². The molecule has 1 N–H and O–H groups in total. The standard InChI is InChI=1S/C19H21BrN2O2/c1-14(19(24)21-2)22(13-16-9-6-10-17(20)11-16)18(23)12-15-7-4-3-5-8-15/h3-11,14H,12-13H2,1-2H3,(H,21,24). The highest BCUT2D eigenvalue weighted by atomic mass is 79.9. The molecule has 2 aromatic carbocycles. The summed E-state index contributed by atoms with van der Waals surface area (Å²) in [5, 5.41) is 2.62. The summed E-state index contributed by atoms with van der Waals surface area (Å²) in [6.45, 7) is 2.14. The van der Waals surface area contributed by atoms with Gasteiger partial charge in [0.15, 0.2) is 0 Å².